The van der Waals surface area contributed by atoms with Gasteiger partial charge in [-0.25, -0.2) is 14.2 Å². The van der Waals surface area contributed by atoms with E-state index in [1.807, 2.05) is 0 Å². The van der Waals surface area contributed by atoms with Gasteiger partial charge in [0, 0.05) is 18.7 Å². The third kappa shape index (κ3) is 4.04. The number of benzene rings is 2. The van der Waals surface area contributed by atoms with E-state index >= 15 is 0 Å². The number of carboxylic acid groups (broad SMARTS) is 1. The summed E-state index contributed by atoms with van der Waals surface area (Å²) in [7, 11) is 1.60. The maximum Gasteiger partial charge on any atom is 0.335 e. The first kappa shape index (κ1) is 19.7. The molecule has 1 aromatic heterocycles. The third-order valence-electron chi connectivity index (χ3n) is 4.35. The molecule has 1 aliphatic heterocycles. The van der Waals surface area contributed by atoms with Crippen LogP contribution in [0.2, 0.25) is 0 Å². The van der Waals surface area contributed by atoms with Crippen molar-refractivity contribution in [3.8, 4) is 11.3 Å². The zero-order valence-corrected chi connectivity index (χ0v) is 16.5. The van der Waals surface area contributed by atoms with Gasteiger partial charge in [-0.2, -0.15) is 0 Å². The van der Waals surface area contributed by atoms with E-state index in [0.717, 1.165) is 5.56 Å². The molecule has 0 saturated carbocycles. The number of hydrogen-bond donors (Lipinski definition) is 1. The number of amidine groups is 1. The fourth-order valence-electron chi connectivity index (χ4n) is 2.80. The fourth-order valence-corrected chi connectivity index (χ4v) is 3.77. The number of hydrogen-bond acceptors (Lipinski definition) is 5. The van der Waals surface area contributed by atoms with Crippen LogP contribution in [0.25, 0.3) is 17.4 Å². The van der Waals surface area contributed by atoms with Gasteiger partial charge >= 0.3 is 5.97 Å². The van der Waals surface area contributed by atoms with Gasteiger partial charge < -0.3 is 9.52 Å². The lowest BCUT2D eigenvalue weighted by Gasteiger charge is -2.07. The third-order valence-corrected chi connectivity index (χ3v) is 5.41. The van der Waals surface area contributed by atoms with Gasteiger partial charge in [0.2, 0.25) is 0 Å². The lowest BCUT2D eigenvalue weighted by Crippen LogP contribution is -2.23. The molecule has 1 saturated heterocycles. The lowest BCUT2D eigenvalue weighted by molar-refractivity contribution is -0.121. The van der Waals surface area contributed by atoms with Gasteiger partial charge in [-0.05, 0) is 66.4 Å². The molecule has 0 radical (unpaired) electrons. The summed E-state index contributed by atoms with van der Waals surface area (Å²) in [6.45, 7) is 0. The first-order valence-electron chi connectivity index (χ1n) is 8.86. The van der Waals surface area contributed by atoms with Crippen molar-refractivity contribution in [2.45, 2.75) is 0 Å². The maximum atomic E-state index is 13.1. The number of carboxylic acids is 1. The Morgan fingerprint density at radius 2 is 1.93 bits per heavy atom. The molecule has 0 bridgehead atoms. The highest BCUT2D eigenvalue weighted by Gasteiger charge is 2.30. The molecule has 4 rings (SSSR count). The van der Waals surface area contributed by atoms with Crippen LogP contribution in [-0.2, 0) is 4.79 Å². The Balaban J connectivity index is 1.58. The van der Waals surface area contributed by atoms with Crippen LogP contribution < -0.4 is 0 Å². The number of rotatable bonds is 4. The monoisotopic (exact) mass is 422 g/mol. The molecule has 0 atom stereocenters. The highest BCUT2D eigenvalue weighted by Crippen LogP contribution is 2.34. The van der Waals surface area contributed by atoms with Gasteiger partial charge in [-0.3, -0.25) is 9.69 Å². The molecule has 0 unspecified atom stereocenters. The average Bonchev–Trinajstić information content (AvgIpc) is 3.30. The average molecular weight is 422 g/mol. The van der Waals surface area contributed by atoms with Crippen LogP contribution in [0.1, 0.15) is 16.1 Å². The number of carbonyl (C=O) groups excluding carboxylic acids is 1. The topological polar surface area (TPSA) is 83.1 Å². The number of aliphatic imine (C=N–C) groups is 1. The van der Waals surface area contributed by atoms with Crippen molar-refractivity contribution < 1.29 is 23.5 Å². The van der Waals surface area contributed by atoms with Gasteiger partial charge in [0.25, 0.3) is 5.91 Å². The number of likely N-dealkylation sites (N-methyl/N-ethyl adjacent to an activating group) is 1. The van der Waals surface area contributed by atoms with Crippen LogP contribution in [0.4, 0.5) is 10.1 Å². The summed E-state index contributed by atoms with van der Waals surface area (Å²) in [4.78, 5) is 29.9. The normalized spacial score (nSPS) is 16.6. The van der Waals surface area contributed by atoms with Gasteiger partial charge in [-0.15, -0.1) is 0 Å². The van der Waals surface area contributed by atoms with Crippen molar-refractivity contribution in [2.24, 2.45) is 4.99 Å². The molecular weight excluding hydrogens is 407 g/mol. The summed E-state index contributed by atoms with van der Waals surface area (Å²) in [5, 5.41) is 9.54. The number of thioether (sulfide) groups is 1. The zero-order valence-electron chi connectivity index (χ0n) is 15.7. The standard InChI is InChI=1S/C22H15FN2O4S/c1-25-20(26)19(30-22(25)24-16-4-2-3-14(11-16)21(27)28)12-17-9-10-18(29-17)13-5-7-15(23)8-6-13/h2-12H,1H3,(H,27,28)/b19-12-,24-22?. The van der Waals surface area contributed by atoms with Crippen LogP contribution in [0.3, 0.4) is 0 Å². The quantitative estimate of drug-likeness (QED) is 0.597. The Bertz CT molecular complexity index is 1200. The summed E-state index contributed by atoms with van der Waals surface area (Å²) in [6.07, 6.45) is 1.62. The molecule has 1 amide bonds. The van der Waals surface area contributed by atoms with Crippen molar-refractivity contribution in [1.29, 1.82) is 0 Å². The molecule has 30 heavy (non-hydrogen) atoms. The van der Waals surface area contributed by atoms with Crippen LogP contribution >= 0.6 is 11.8 Å². The molecule has 6 nitrogen and oxygen atoms in total. The molecule has 1 aliphatic rings. The van der Waals surface area contributed by atoms with Gasteiger partial charge in [0.1, 0.15) is 17.3 Å². The molecule has 0 aliphatic carbocycles. The first-order valence-corrected chi connectivity index (χ1v) is 9.68. The minimum absolute atomic E-state index is 0.119. The minimum Gasteiger partial charge on any atom is -0.478 e. The number of nitrogens with zero attached hydrogens (tertiary/aromatic N) is 2. The smallest absolute Gasteiger partial charge is 0.335 e. The number of furan rings is 1. The number of carbonyl (C=O) groups is 2. The van der Waals surface area contributed by atoms with Gasteiger partial charge in [0.15, 0.2) is 5.17 Å². The molecule has 150 valence electrons. The van der Waals surface area contributed by atoms with Crippen molar-refractivity contribution in [3.63, 3.8) is 0 Å². The molecule has 2 heterocycles. The van der Waals surface area contributed by atoms with Crippen molar-refractivity contribution in [2.75, 3.05) is 7.05 Å². The molecular formula is C22H15FN2O4S. The van der Waals surface area contributed by atoms with E-state index in [1.165, 1.54) is 40.9 Å². The molecule has 3 aromatic rings. The second-order valence-corrected chi connectivity index (χ2v) is 7.44. The number of amides is 1. The van der Waals surface area contributed by atoms with E-state index in [9.17, 15) is 14.0 Å². The Hall–Kier alpha value is -3.65. The van der Waals surface area contributed by atoms with Crippen LogP contribution in [0.5, 0.6) is 0 Å². The van der Waals surface area contributed by atoms with Crippen LogP contribution in [0, 0.1) is 5.82 Å². The predicted octanol–water partition coefficient (Wildman–Crippen LogP) is 5.02. The van der Waals surface area contributed by atoms with Crippen molar-refractivity contribution in [1.82, 2.24) is 4.90 Å². The van der Waals surface area contributed by atoms with Gasteiger partial charge in [0.05, 0.1) is 16.2 Å². The molecule has 1 N–H and O–H groups in total. The summed E-state index contributed by atoms with van der Waals surface area (Å²) >= 11 is 1.17. The Morgan fingerprint density at radius 1 is 1.17 bits per heavy atom. The minimum atomic E-state index is -1.05. The molecule has 2 aromatic carbocycles. The maximum absolute atomic E-state index is 13.1. The summed E-state index contributed by atoms with van der Waals surface area (Å²) in [6, 6.07) is 15.6. The van der Waals surface area contributed by atoms with Crippen molar-refractivity contribution >= 4 is 40.6 Å². The van der Waals surface area contributed by atoms with E-state index in [1.54, 1.807) is 49.5 Å². The summed E-state index contributed by atoms with van der Waals surface area (Å²) in [5.74, 6) is -0.578. The fraction of sp³-hybridized carbons (Fsp3) is 0.0455. The van der Waals surface area contributed by atoms with Crippen LogP contribution in [-0.4, -0.2) is 34.1 Å². The second-order valence-electron chi connectivity index (χ2n) is 6.43. The second kappa shape index (κ2) is 8.00. The largest absolute Gasteiger partial charge is 0.478 e. The summed E-state index contributed by atoms with van der Waals surface area (Å²) < 4.78 is 18.8. The predicted molar refractivity (Wildman–Crippen MR) is 113 cm³/mol. The van der Waals surface area contributed by atoms with Crippen molar-refractivity contribution in [3.05, 3.63) is 82.7 Å². The Labute approximate surface area is 175 Å². The van der Waals surface area contributed by atoms with Gasteiger partial charge in [-0.1, -0.05) is 6.07 Å². The molecule has 8 heteroatoms. The SMILES string of the molecule is CN1C(=O)/C(=C/c2ccc(-c3ccc(F)cc3)o2)SC1=Nc1cccc(C(=O)O)c1. The Morgan fingerprint density at radius 3 is 2.67 bits per heavy atom. The highest BCUT2D eigenvalue weighted by atomic mass is 32.2. The first-order chi connectivity index (χ1) is 14.4. The molecule has 0 spiro atoms. The zero-order chi connectivity index (χ0) is 21.3. The number of aromatic carboxylic acids is 1. The summed E-state index contributed by atoms with van der Waals surface area (Å²) in [5.41, 5.74) is 1.28. The van der Waals surface area contributed by atoms with Crippen LogP contribution in [0.15, 0.2) is 75.0 Å². The number of halogens is 1. The highest BCUT2D eigenvalue weighted by molar-refractivity contribution is 8.18. The van der Waals surface area contributed by atoms with E-state index < -0.39 is 5.97 Å². The Kier molecular flexibility index (Phi) is 5.24. The van der Waals surface area contributed by atoms with E-state index in [0.29, 0.717) is 27.3 Å². The molecule has 1 fully saturated rings. The van der Waals surface area contributed by atoms with E-state index in [2.05, 4.69) is 4.99 Å². The van der Waals surface area contributed by atoms with E-state index in [4.69, 9.17) is 9.52 Å². The lowest BCUT2D eigenvalue weighted by atomic mass is 10.2. The van der Waals surface area contributed by atoms with E-state index in [-0.39, 0.29) is 17.3 Å².